The summed E-state index contributed by atoms with van der Waals surface area (Å²) in [6.45, 7) is 58.4. The Balaban J connectivity index is 0.000000209. The summed E-state index contributed by atoms with van der Waals surface area (Å²) >= 11 is 0. The fourth-order valence-corrected chi connectivity index (χ4v) is 14.7. The smallest absolute Gasteiger partial charge is 0.200 e. The Morgan fingerprint density at radius 3 is 0.704 bits per heavy atom. The molecule has 9 aromatic rings. The average Bonchev–Trinajstić information content (AvgIpc) is 0.748. The summed E-state index contributed by atoms with van der Waals surface area (Å²) in [6.07, 6.45) is 0. The normalized spacial score (nSPS) is 12.1. The van der Waals surface area contributed by atoms with Gasteiger partial charge in [0.2, 0.25) is 5.82 Å². The number of hydrogen-bond acceptors (Lipinski definition) is 0. The average molecular weight is 1340 g/mol. The molecule has 9 heteroatoms. The first-order chi connectivity index (χ1) is 45.3. The predicted molar refractivity (Wildman–Crippen MR) is 396 cm³/mol. The molecule has 522 valence electrons. The van der Waals surface area contributed by atoms with Gasteiger partial charge >= 0.3 is 0 Å². The Hall–Kier alpha value is -7.65. The Kier molecular flexibility index (Phi) is 23.5. The fourth-order valence-electron chi connectivity index (χ4n) is 14.7. The number of rotatable bonds is 11. The van der Waals surface area contributed by atoms with Crippen LogP contribution in [0.3, 0.4) is 0 Å². The van der Waals surface area contributed by atoms with Crippen LogP contribution in [-0.2, 0) is 16.2 Å². The summed E-state index contributed by atoms with van der Waals surface area (Å²) in [5, 5.41) is 0. The van der Waals surface area contributed by atoms with Crippen LogP contribution in [0.2, 0.25) is 0 Å². The van der Waals surface area contributed by atoms with Gasteiger partial charge in [-0.25, -0.2) is 39.5 Å². The molecule has 0 unspecified atom stereocenters. The lowest BCUT2D eigenvalue weighted by molar-refractivity contribution is 0.381. The van der Waals surface area contributed by atoms with Gasteiger partial charge in [0.05, 0.1) is 11.1 Å². The fraction of sp³-hybridized carbons (Fsp3) is 0.393. The zero-order chi connectivity index (χ0) is 73.8. The first-order valence-electron chi connectivity index (χ1n) is 34.5. The van der Waals surface area contributed by atoms with Gasteiger partial charge in [-0.1, -0.05) is 251 Å². The van der Waals surface area contributed by atoms with E-state index < -0.39 is 85.6 Å². The van der Waals surface area contributed by atoms with Crippen molar-refractivity contribution in [1.29, 1.82) is 0 Å². The van der Waals surface area contributed by atoms with E-state index in [2.05, 4.69) is 244 Å². The third kappa shape index (κ3) is 15.5. The van der Waals surface area contributed by atoms with E-state index in [1.807, 2.05) is 0 Å². The lowest BCUT2D eigenvalue weighted by Crippen LogP contribution is -2.17. The van der Waals surface area contributed by atoms with E-state index in [1.165, 1.54) is 143 Å². The van der Waals surface area contributed by atoms with Crippen molar-refractivity contribution >= 4 is 0 Å². The topological polar surface area (TPSA) is 0 Å². The summed E-state index contributed by atoms with van der Waals surface area (Å²) in [5.41, 5.74) is 25.0. The largest absolute Gasteiger partial charge is 0.203 e. The molecule has 0 heterocycles. The molecule has 0 saturated heterocycles. The maximum atomic E-state index is 14.7. The number of aryl methyl sites for hydroxylation is 7. The monoisotopic (exact) mass is 1340 g/mol. The molecule has 0 atom stereocenters. The van der Waals surface area contributed by atoms with Gasteiger partial charge in [-0.2, -0.15) is 0 Å². The lowest BCUT2D eigenvalue weighted by Gasteiger charge is -2.32. The summed E-state index contributed by atoms with van der Waals surface area (Å²) in [4.78, 5) is 0. The molecule has 0 N–H and O–H groups in total. The minimum atomic E-state index is -2.38. The molecule has 0 saturated carbocycles. The van der Waals surface area contributed by atoms with Crippen molar-refractivity contribution in [3.8, 4) is 66.8 Å². The molecule has 0 fully saturated rings. The van der Waals surface area contributed by atoms with Crippen LogP contribution >= 0.6 is 0 Å². The number of benzene rings is 9. The van der Waals surface area contributed by atoms with Crippen molar-refractivity contribution in [3.05, 3.63) is 244 Å². The van der Waals surface area contributed by atoms with Crippen LogP contribution in [0.15, 0.2) is 103 Å². The zero-order valence-corrected chi connectivity index (χ0v) is 63.1. The van der Waals surface area contributed by atoms with Gasteiger partial charge in [0.25, 0.3) is 0 Å². The van der Waals surface area contributed by atoms with Gasteiger partial charge in [0.1, 0.15) is 0 Å². The van der Waals surface area contributed by atoms with Gasteiger partial charge in [-0.3, -0.25) is 0 Å². The Bertz CT molecular complexity index is 4160. The zero-order valence-electron chi connectivity index (χ0n) is 63.1. The minimum Gasteiger partial charge on any atom is -0.203 e. The van der Waals surface area contributed by atoms with E-state index in [-0.39, 0.29) is 16.4 Å². The second-order valence-corrected chi connectivity index (χ2v) is 31.8. The van der Waals surface area contributed by atoms with E-state index >= 15 is 0 Å². The molecule has 0 aliphatic heterocycles. The van der Waals surface area contributed by atoms with Crippen molar-refractivity contribution in [1.82, 2.24) is 0 Å². The van der Waals surface area contributed by atoms with Gasteiger partial charge in [-0.15, -0.1) is 0 Å². The van der Waals surface area contributed by atoms with Crippen LogP contribution in [0.1, 0.15) is 250 Å². The van der Waals surface area contributed by atoms with Crippen LogP contribution in [0.4, 0.5) is 39.5 Å². The highest BCUT2D eigenvalue weighted by Gasteiger charge is 2.36. The van der Waals surface area contributed by atoms with E-state index in [1.54, 1.807) is 0 Å². The number of hydrogen-bond donors (Lipinski definition) is 0. The third-order valence-electron chi connectivity index (χ3n) is 18.8. The Labute approximate surface area is 580 Å². The second-order valence-electron chi connectivity index (χ2n) is 31.8. The quantitative estimate of drug-likeness (QED) is 0.0688. The first-order valence-corrected chi connectivity index (χ1v) is 34.5. The van der Waals surface area contributed by atoms with E-state index in [0.717, 1.165) is 25.1 Å². The Morgan fingerprint density at radius 2 is 0.459 bits per heavy atom. The van der Waals surface area contributed by atoms with Crippen LogP contribution in [0.25, 0.3) is 66.8 Å². The molecule has 0 bridgehead atoms. The molecule has 0 amide bonds. The van der Waals surface area contributed by atoms with Crippen LogP contribution in [0.5, 0.6) is 0 Å². The third-order valence-corrected chi connectivity index (χ3v) is 18.8. The SMILES string of the molecule is Cc1c(F)c(F)c(-c2cccc(-c3c(F)c(F)c(F)c(F)c3F)c2C(C)(C)C)c(F)c1F.Cc1cc(C(C)C)c(-c2cccc(-c3c(C(C)C)cc(C(C)C)cc3C(C)C)c2C(C)(C)C)c(C(C)C)c1.Cc1cc(C)c(-c2cccc(-c3c(C)cc(C)cc3C)c2C(C)(C)C)c(C)c1. The second kappa shape index (κ2) is 29.7. The van der Waals surface area contributed by atoms with Crippen molar-refractivity contribution < 1.29 is 39.5 Å². The molecule has 0 aromatic heterocycles. The first kappa shape index (κ1) is 77.7. The predicted octanol–water partition coefficient (Wildman–Crippen LogP) is 28.3. The van der Waals surface area contributed by atoms with Crippen molar-refractivity contribution in [2.75, 3.05) is 0 Å². The van der Waals surface area contributed by atoms with Crippen LogP contribution in [0, 0.1) is 108 Å². The van der Waals surface area contributed by atoms with Crippen molar-refractivity contribution in [2.45, 2.75) is 233 Å². The molecular weight excluding hydrogens is 1240 g/mol. The van der Waals surface area contributed by atoms with Crippen LogP contribution in [-0.4, -0.2) is 0 Å². The molecule has 0 spiro atoms. The van der Waals surface area contributed by atoms with Crippen molar-refractivity contribution in [2.24, 2.45) is 0 Å². The molecular formula is C89H103F9. The highest BCUT2D eigenvalue weighted by atomic mass is 19.2. The molecule has 0 aliphatic carbocycles. The molecule has 98 heavy (non-hydrogen) atoms. The molecule has 9 rings (SSSR count). The van der Waals surface area contributed by atoms with Crippen molar-refractivity contribution in [3.63, 3.8) is 0 Å². The van der Waals surface area contributed by atoms with E-state index in [9.17, 15) is 39.5 Å². The molecule has 9 aromatic carbocycles. The Morgan fingerprint density at radius 1 is 0.245 bits per heavy atom. The maximum Gasteiger partial charge on any atom is 0.200 e. The summed E-state index contributed by atoms with van der Waals surface area (Å²) in [5.74, 6) is -15.7. The summed E-state index contributed by atoms with van der Waals surface area (Å²) in [6, 6.07) is 36.1. The number of halogens is 9. The lowest BCUT2D eigenvalue weighted by atomic mass is 9.72. The highest BCUT2D eigenvalue weighted by molar-refractivity contribution is 5.88. The maximum absolute atomic E-state index is 14.7. The summed E-state index contributed by atoms with van der Waals surface area (Å²) < 4.78 is 128. The standard InChI is InChI=1S/C38H54.C28H34.C23H15F9/c1-22(2)28-20-33(25(7)8)36(34(21-28)26(9)10)30-17-15-16-29(37(30)38(12,13)14)35-31(23(3)4)18-27(11)19-32(35)24(5)6;1-17-13-19(3)25(20(4)14-17)23-11-10-12-24(27(23)28(7,8)9)26-21(5)15-18(2)16-22(26)6;1-8-14(24)16(26)11(17(27)15(8)25)9-6-5-7-10(13(9)23(2,3)4)12-18(28)20(30)22(32)21(31)19(12)29/h15-26H,1-14H3;10-16H,1-9H3;5-7H,1-4H3. The van der Waals surface area contributed by atoms with E-state index in [4.69, 9.17) is 0 Å². The van der Waals surface area contributed by atoms with Gasteiger partial charge in [0.15, 0.2) is 46.5 Å². The van der Waals surface area contributed by atoms with Crippen LogP contribution < -0.4 is 0 Å². The van der Waals surface area contributed by atoms with Gasteiger partial charge in [-0.05, 0) is 224 Å². The minimum absolute atomic E-state index is 0.0153. The highest BCUT2D eigenvalue weighted by Crippen LogP contribution is 2.51. The van der Waals surface area contributed by atoms with E-state index in [0.29, 0.717) is 29.6 Å². The molecule has 0 aliphatic rings. The van der Waals surface area contributed by atoms with Gasteiger partial charge in [0, 0.05) is 5.56 Å². The van der Waals surface area contributed by atoms with Gasteiger partial charge < -0.3 is 0 Å². The summed E-state index contributed by atoms with van der Waals surface area (Å²) in [7, 11) is 0. The molecule has 0 radical (unpaired) electrons. The molecule has 0 nitrogen and oxygen atoms in total.